The maximum atomic E-state index is 12.2. The van der Waals surface area contributed by atoms with Crippen LogP contribution in [-0.2, 0) is 0 Å². The summed E-state index contributed by atoms with van der Waals surface area (Å²) >= 11 is 3.25. The van der Waals surface area contributed by atoms with Gasteiger partial charge in [0.05, 0.1) is 10.7 Å². The molecule has 3 rings (SSSR count). The Kier molecular flexibility index (Phi) is 2.83. The minimum atomic E-state index is -0.678. The van der Waals surface area contributed by atoms with Gasteiger partial charge in [0.2, 0.25) is 5.78 Å². The van der Waals surface area contributed by atoms with E-state index in [2.05, 4.69) is 15.9 Å². The molecule has 1 aliphatic rings. The van der Waals surface area contributed by atoms with Gasteiger partial charge in [-0.2, -0.15) is 0 Å². The zero-order chi connectivity index (χ0) is 12.5. The molecule has 0 fully saturated rings. The van der Waals surface area contributed by atoms with Crippen molar-refractivity contribution in [3.8, 4) is 11.5 Å². The van der Waals surface area contributed by atoms with Crippen molar-refractivity contribution < 1.29 is 18.7 Å². The largest absolute Gasteiger partial charge is 0.485 e. The van der Waals surface area contributed by atoms with Crippen LogP contribution in [0.5, 0.6) is 11.5 Å². The molecule has 0 radical (unpaired) electrons. The predicted octanol–water partition coefficient (Wildman–Crippen LogP) is 3.06. The van der Waals surface area contributed by atoms with Crippen LogP contribution in [0, 0.1) is 0 Å². The van der Waals surface area contributed by atoms with E-state index in [0.717, 1.165) is 0 Å². The van der Waals surface area contributed by atoms with Crippen molar-refractivity contribution in [1.82, 2.24) is 0 Å². The molecule has 0 aliphatic carbocycles. The summed E-state index contributed by atoms with van der Waals surface area (Å²) < 4.78 is 16.9. The van der Waals surface area contributed by atoms with Crippen molar-refractivity contribution in [3.05, 3.63) is 46.8 Å². The van der Waals surface area contributed by atoms with Crippen molar-refractivity contribution in [3.63, 3.8) is 0 Å². The van der Waals surface area contributed by atoms with Gasteiger partial charge in [0.25, 0.3) is 0 Å². The number of halogens is 1. The van der Waals surface area contributed by atoms with Crippen molar-refractivity contribution in [2.24, 2.45) is 0 Å². The highest BCUT2D eigenvalue weighted by molar-refractivity contribution is 9.10. The van der Waals surface area contributed by atoms with E-state index in [-0.39, 0.29) is 18.2 Å². The SMILES string of the molecule is O=C(c1occc1Br)C1COc2ccccc2O1. The quantitative estimate of drug-likeness (QED) is 0.800. The Morgan fingerprint density at radius 2 is 2.00 bits per heavy atom. The molecular formula is C13H9BrO4. The van der Waals surface area contributed by atoms with E-state index in [0.29, 0.717) is 16.0 Å². The number of hydrogen-bond acceptors (Lipinski definition) is 4. The predicted molar refractivity (Wildman–Crippen MR) is 67.1 cm³/mol. The first-order chi connectivity index (χ1) is 8.75. The first-order valence-corrected chi connectivity index (χ1v) is 6.20. The number of carbonyl (C=O) groups is 1. The van der Waals surface area contributed by atoms with Crippen LogP contribution in [0.4, 0.5) is 0 Å². The van der Waals surface area contributed by atoms with Crippen molar-refractivity contribution in [2.75, 3.05) is 6.61 Å². The summed E-state index contributed by atoms with van der Waals surface area (Å²) in [5.74, 6) is 1.24. The molecular weight excluding hydrogens is 300 g/mol. The fraction of sp³-hybridized carbons (Fsp3) is 0.154. The standard InChI is InChI=1S/C13H9BrO4/c14-8-5-6-16-13(8)12(15)11-7-17-9-3-1-2-4-10(9)18-11/h1-6,11H,7H2. The average molecular weight is 309 g/mol. The van der Waals surface area contributed by atoms with E-state index in [1.807, 2.05) is 12.1 Å². The molecule has 0 spiro atoms. The highest BCUT2D eigenvalue weighted by atomic mass is 79.9. The molecule has 0 saturated heterocycles. The normalized spacial score (nSPS) is 17.5. The molecule has 2 aromatic rings. The fourth-order valence-corrected chi connectivity index (χ4v) is 2.16. The topological polar surface area (TPSA) is 48.7 Å². The minimum absolute atomic E-state index is 0.184. The van der Waals surface area contributed by atoms with Crippen molar-refractivity contribution in [2.45, 2.75) is 6.10 Å². The Labute approximate surface area is 112 Å². The number of fused-ring (bicyclic) bond motifs is 1. The fourth-order valence-electron chi connectivity index (χ4n) is 1.76. The first kappa shape index (κ1) is 11.3. The Bertz CT molecular complexity index is 590. The molecule has 0 amide bonds. The summed E-state index contributed by atoms with van der Waals surface area (Å²) in [6.07, 6.45) is 0.775. The maximum absolute atomic E-state index is 12.2. The third-order valence-electron chi connectivity index (χ3n) is 2.64. The molecule has 2 heterocycles. The lowest BCUT2D eigenvalue weighted by atomic mass is 10.1. The number of Topliss-reactive ketones (excluding diaryl/α,β-unsaturated/α-hetero) is 1. The number of carbonyl (C=O) groups excluding carboxylic acids is 1. The van der Waals surface area contributed by atoms with E-state index in [4.69, 9.17) is 13.9 Å². The molecule has 0 saturated carbocycles. The number of ketones is 1. The van der Waals surface area contributed by atoms with Gasteiger partial charge in [0.15, 0.2) is 23.4 Å². The van der Waals surface area contributed by atoms with Gasteiger partial charge in [0.1, 0.15) is 6.61 Å². The van der Waals surface area contributed by atoms with E-state index in [1.54, 1.807) is 18.2 Å². The summed E-state index contributed by atoms with van der Waals surface area (Å²) in [7, 11) is 0. The lowest BCUT2D eigenvalue weighted by Gasteiger charge is -2.24. The molecule has 1 aliphatic heterocycles. The van der Waals surface area contributed by atoms with E-state index in [9.17, 15) is 4.79 Å². The minimum Gasteiger partial charge on any atom is -0.485 e. The first-order valence-electron chi connectivity index (χ1n) is 5.41. The number of benzene rings is 1. The van der Waals surface area contributed by atoms with Crippen LogP contribution in [0.3, 0.4) is 0 Å². The van der Waals surface area contributed by atoms with Gasteiger partial charge >= 0.3 is 0 Å². The molecule has 92 valence electrons. The molecule has 1 unspecified atom stereocenters. The molecule has 5 heteroatoms. The third-order valence-corrected chi connectivity index (χ3v) is 3.27. The summed E-state index contributed by atoms with van der Waals surface area (Å²) in [6.45, 7) is 0.184. The Hall–Kier alpha value is -1.75. The van der Waals surface area contributed by atoms with Gasteiger partial charge < -0.3 is 13.9 Å². The highest BCUT2D eigenvalue weighted by Crippen LogP contribution is 2.32. The smallest absolute Gasteiger partial charge is 0.243 e. The van der Waals surface area contributed by atoms with Crippen LogP contribution in [0.15, 0.2) is 45.5 Å². The van der Waals surface area contributed by atoms with Crippen LogP contribution in [0.2, 0.25) is 0 Å². The zero-order valence-electron chi connectivity index (χ0n) is 9.26. The third kappa shape index (κ3) is 1.90. The lowest BCUT2D eigenvalue weighted by Crippen LogP contribution is -2.36. The number of ether oxygens (including phenoxy) is 2. The van der Waals surface area contributed by atoms with Crippen LogP contribution in [-0.4, -0.2) is 18.5 Å². The summed E-state index contributed by atoms with van der Waals surface area (Å²) in [4.78, 5) is 12.2. The molecule has 1 aromatic heterocycles. The Morgan fingerprint density at radius 3 is 2.72 bits per heavy atom. The zero-order valence-corrected chi connectivity index (χ0v) is 10.8. The van der Waals surface area contributed by atoms with Gasteiger partial charge in [-0.3, -0.25) is 4.79 Å². The van der Waals surface area contributed by atoms with Crippen LogP contribution in [0.1, 0.15) is 10.6 Å². The molecule has 4 nitrogen and oxygen atoms in total. The second-order valence-corrected chi connectivity index (χ2v) is 4.68. The summed E-state index contributed by atoms with van der Waals surface area (Å²) in [6, 6.07) is 8.93. The van der Waals surface area contributed by atoms with Crippen LogP contribution < -0.4 is 9.47 Å². The monoisotopic (exact) mass is 308 g/mol. The maximum Gasteiger partial charge on any atom is 0.243 e. The Balaban J connectivity index is 1.84. The number of para-hydroxylation sites is 2. The number of hydrogen-bond donors (Lipinski definition) is 0. The second kappa shape index (κ2) is 4.49. The van der Waals surface area contributed by atoms with Gasteiger partial charge in [-0.05, 0) is 34.1 Å². The van der Waals surface area contributed by atoms with Crippen molar-refractivity contribution in [1.29, 1.82) is 0 Å². The van der Waals surface area contributed by atoms with Crippen LogP contribution in [0.25, 0.3) is 0 Å². The van der Waals surface area contributed by atoms with Gasteiger partial charge in [-0.25, -0.2) is 0 Å². The lowest BCUT2D eigenvalue weighted by molar-refractivity contribution is 0.0558. The molecule has 18 heavy (non-hydrogen) atoms. The molecule has 0 N–H and O–H groups in total. The summed E-state index contributed by atoms with van der Waals surface area (Å²) in [5, 5.41) is 0. The number of furan rings is 1. The van der Waals surface area contributed by atoms with Gasteiger partial charge in [-0.15, -0.1) is 0 Å². The molecule has 1 aromatic carbocycles. The average Bonchev–Trinajstić information content (AvgIpc) is 2.83. The molecule has 0 bridgehead atoms. The van der Waals surface area contributed by atoms with Crippen molar-refractivity contribution >= 4 is 21.7 Å². The van der Waals surface area contributed by atoms with E-state index in [1.165, 1.54) is 6.26 Å². The van der Waals surface area contributed by atoms with E-state index >= 15 is 0 Å². The van der Waals surface area contributed by atoms with Crippen LogP contribution >= 0.6 is 15.9 Å². The van der Waals surface area contributed by atoms with E-state index < -0.39 is 6.10 Å². The summed E-state index contributed by atoms with van der Waals surface area (Å²) in [5.41, 5.74) is 0. The highest BCUT2D eigenvalue weighted by Gasteiger charge is 2.31. The van der Waals surface area contributed by atoms with Gasteiger partial charge in [-0.1, -0.05) is 12.1 Å². The van der Waals surface area contributed by atoms with Gasteiger partial charge in [0, 0.05) is 0 Å². The second-order valence-electron chi connectivity index (χ2n) is 3.83. The Morgan fingerprint density at radius 1 is 1.22 bits per heavy atom. The molecule has 1 atom stereocenters. The number of rotatable bonds is 2.